The van der Waals surface area contributed by atoms with Crippen molar-refractivity contribution in [1.82, 2.24) is 19.9 Å². The molecule has 0 fully saturated rings. The molecule has 0 atom stereocenters. The second-order valence-corrected chi connectivity index (χ2v) is 10.6. The fourth-order valence-corrected chi connectivity index (χ4v) is 4.61. The smallest absolute Gasteiger partial charge is 0.383 e. The first-order chi connectivity index (χ1) is 20.5. The van der Waals surface area contributed by atoms with Crippen molar-refractivity contribution in [2.45, 2.75) is 25.6 Å². The van der Waals surface area contributed by atoms with E-state index in [0.717, 1.165) is 0 Å². The first-order valence-electron chi connectivity index (χ1n) is 12.8. The molecule has 3 aromatic heterocycles. The van der Waals surface area contributed by atoms with E-state index in [4.69, 9.17) is 17.3 Å². The fraction of sp³-hybridized carbons (Fsp3) is 0.200. The van der Waals surface area contributed by atoms with Crippen LogP contribution < -0.4 is 16.4 Å². The van der Waals surface area contributed by atoms with Crippen molar-refractivity contribution in [2.24, 2.45) is 7.05 Å². The Labute approximate surface area is 253 Å². The molecule has 0 unspecified atom stereocenters. The lowest BCUT2D eigenvalue weighted by atomic mass is 9.98. The van der Waals surface area contributed by atoms with E-state index in [1.54, 1.807) is 29.1 Å². The predicted molar refractivity (Wildman–Crippen MR) is 159 cm³/mol. The number of carbonyl (C=O) groups excluding carboxylic acids is 2. The molecule has 0 aliphatic heterocycles. The van der Waals surface area contributed by atoms with Crippen molar-refractivity contribution < 1.29 is 32.3 Å². The van der Waals surface area contributed by atoms with Crippen molar-refractivity contribution in [3.63, 3.8) is 0 Å². The molecule has 2 amide bonds. The predicted octanol–water partition coefficient (Wildman–Crippen LogP) is 5.37. The van der Waals surface area contributed by atoms with Gasteiger partial charge in [-0.25, -0.2) is 14.4 Å². The molecule has 0 bridgehead atoms. The molecule has 0 saturated heterocycles. The average Bonchev–Trinajstić information content (AvgIpc) is 3.24. The highest BCUT2D eigenvalue weighted by Gasteiger charge is 2.29. The SMILES string of the molecule is C=C(F)C(=O)Nc1ccc(-c2c(-c3cnc(C(=O)NCC(F)(F)F)c(Cl)c3)c3c(N)ncc(C#CC(C)(C)O)c3n2C)cc1. The zero-order valence-corrected chi connectivity index (χ0v) is 24.3. The number of nitrogens with zero attached hydrogens (tertiary/aromatic N) is 3. The number of carbonyl (C=O) groups is 2. The Morgan fingerprint density at radius 3 is 2.36 bits per heavy atom. The fourth-order valence-electron chi connectivity index (χ4n) is 4.36. The van der Waals surface area contributed by atoms with Gasteiger partial charge in [0.1, 0.15) is 23.7 Å². The van der Waals surface area contributed by atoms with Crippen LogP contribution >= 0.6 is 11.6 Å². The van der Waals surface area contributed by atoms with E-state index in [9.17, 15) is 32.3 Å². The molecule has 4 rings (SSSR count). The van der Waals surface area contributed by atoms with Gasteiger partial charge in [-0.2, -0.15) is 13.2 Å². The lowest BCUT2D eigenvalue weighted by molar-refractivity contribution is -0.123. The van der Waals surface area contributed by atoms with Crippen LogP contribution in [0.15, 0.2) is 55.1 Å². The molecule has 0 spiro atoms. The summed E-state index contributed by atoms with van der Waals surface area (Å²) in [6.07, 6.45) is -1.91. The molecule has 0 aliphatic rings. The summed E-state index contributed by atoms with van der Waals surface area (Å²) in [5.41, 5.74) is 7.76. The number of aromatic nitrogens is 3. The molecule has 9 nitrogen and oxygen atoms in total. The van der Waals surface area contributed by atoms with Gasteiger partial charge in [-0.3, -0.25) is 9.59 Å². The molecular formula is C30H25ClF4N6O3. The van der Waals surface area contributed by atoms with Crippen LogP contribution in [0.5, 0.6) is 0 Å². The first-order valence-corrected chi connectivity index (χ1v) is 13.1. The number of aliphatic hydroxyl groups is 1. The maximum Gasteiger partial charge on any atom is 0.405 e. The largest absolute Gasteiger partial charge is 0.405 e. The number of benzene rings is 1. The number of hydrogen-bond donors (Lipinski definition) is 4. The average molecular weight is 629 g/mol. The van der Waals surface area contributed by atoms with Gasteiger partial charge in [-0.15, -0.1) is 0 Å². The van der Waals surface area contributed by atoms with E-state index >= 15 is 0 Å². The lowest BCUT2D eigenvalue weighted by Gasteiger charge is -2.12. The summed E-state index contributed by atoms with van der Waals surface area (Å²) in [5.74, 6) is 2.49. The second kappa shape index (κ2) is 12.0. The zero-order chi connectivity index (χ0) is 32.6. The molecule has 228 valence electrons. The van der Waals surface area contributed by atoms with Gasteiger partial charge in [0.15, 0.2) is 5.83 Å². The van der Waals surface area contributed by atoms with Gasteiger partial charge in [-0.05, 0) is 37.6 Å². The number of nitrogens with two attached hydrogens (primary N) is 1. The lowest BCUT2D eigenvalue weighted by Crippen LogP contribution is -2.34. The highest BCUT2D eigenvalue weighted by molar-refractivity contribution is 6.34. The molecule has 1 aromatic carbocycles. The van der Waals surface area contributed by atoms with Crippen molar-refractivity contribution in [3.8, 4) is 34.2 Å². The molecule has 3 heterocycles. The van der Waals surface area contributed by atoms with Gasteiger partial charge in [0.25, 0.3) is 11.8 Å². The third-order valence-corrected chi connectivity index (χ3v) is 6.49. The minimum absolute atomic E-state index is 0.0964. The Morgan fingerprint density at radius 2 is 1.80 bits per heavy atom. The highest BCUT2D eigenvalue weighted by Crippen LogP contribution is 2.44. The summed E-state index contributed by atoms with van der Waals surface area (Å²) in [7, 11) is 1.73. The van der Waals surface area contributed by atoms with E-state index in [-0.39, 0.29) is 16.5 Å². The molecule has 14 heteroatoms. The van der Waals surface area contributed by atoms with Crippen LogP contribution in [0, 0.1) is 11.8 Å². The van der Waals surface area contributed by atoms with E-state index < -0.39 is 41.7 Å². The van der Waals surface area contributed by atoms with E-state index in [0.29, 0.717) is 38.9 Å². The van der Waals surface area contributed by atoms with Crippen LogP contribution in [0.25, 0.3) is 33.3 Å². The number of hydrogen-bond acceptors (Lipinski definition) is 6. The third kappa shape index (κ3) is 6.99. The number of amides is 2. The Morgan fingerprint density at radius 1 is 1.14 bits per heavy atom. The first kappa shape index (κ1) is 32.0. The summed E-state index contributed by atoms with van der Waals surface area (Å²) in [6.45, 7) is 4.44. The van der Waals surface area contributed by atoms with E-state index in [2.05, 4.69) is 33.7 Å². The van der Waals surface area contributed by atoms with Gasteiger partial charge < -0.3 is 26.0 Å². The van der Waals surface area contributed by atoms with Gasteiger partial charge in [0, 0.05) is 36.3 Å². The number of halogens is 5. The maximum absolute atomic E-state index is 13.2. The highest BCUT2D eigenvalue weighted by atomic mass is 35.5. The van der Waals surface area contributed by atoms with Crippen LogP contribution in [-0.2, 0) is 11.8 Å². The minimum Gasteiger partial charge on any atom is -0.383 e. The zero-order valence-electron chi connectivity index (χ0n) is 23.5. The number of fused-ring (bicyclic) bond motifs is 1. The number of aryl methyl sites for hydroxylation is 1. The summed E-state index contributed by atoms with van der Waals surface area (Å²) in [5, 5.41) is 14.5. The topological polar surface area (TPSA) is 135 Å². The summed E-state index contributed by atoms with van der Waals surface area (Å²) in [4.78, 5) is 32.5. The van der Waals surface area contributed by atoms with Crippen molar-refractivity contribution in [3.05, 3.63) is 71.4 Å². The van der Waals surface area contributed by atoms with Crippen LogP contribution in [-0.4, -0.2) is 49.8 Å². The molecule has 0 saturated carbocycles. The van der Waals surface area contributed by atoms with Crippen LogP contribution in [0.3, 0.4) is 0 Å². The monoisotopic (exact) mass is 628 g/mol. The number of rotatable bonds is 6. The van der Waals surface area contributed by atoms with Gasteiger partial charge in [0.05, 0.1) is 27.2 Å². The van der Waals surface area contributed by atoms with Crippen LogP contribution in [0.2, 0.25) is 5.02 Å². The summed E-state index contributed by atoms with van der Waals surface area (Å²) >= 11 is 6.36. The number of nitrogens with one attached hydrogen (secondary N) is 2. The molecule has 0 radical (unpaired) electrons. The number of nitrogen functional groups attached to an aromatic ring is 1. The third-order valence-electron chi connectivity index (χ3n) is 6.20. The van der Waals surface area contributed by atoms with Crippen molar-refractivity contribution >= 4 is 45.8 Å². The molecular weight excluding hydrogens is 604 g/mol. The van der Waals surface area contributed by atoms with Crippen LogP contribution in [0.1, 0.15) is 29.9 Å². The van der Waals surface area contributed by atoms with Crippen LogP contribution in [0.4, 0.5) is 29.1 Å². The quantitative estimate of drug-likeness (QED) is 0.129. The Hall–Kier alpha value is -4.93. The van der Waals surface area contributed by atoms with Gasteiger partial charge in [0.2, 0.25) is 0 Å². The summed E-state index contributed by atoms with van der Waals surface area (Å²) in [6, 6.07) is 7.73. The Balaban J connectivity index is 1.95. The molecule has 4 aromatic rings. The van der Waals surface area contributed by atoms with E-state index in [1.807, 2.05) is 0 Å². The molecule has 44 heavy (non-hydrogen) atoms. The molecule has 5 N–H and O–H groups in total. The summed E-state index contributed by atoms with van der Waals surface area (Å²) < 4.78 is 52.9. The molecule has 0 aliphatic carbocycles. The maximum atomic E-state index is 13.2. The standard InChI is InChI=1S/C30H25ClF4N6O3/c1-15(32)27(42)40-19-7-5-16(6-8-19)24-21(18-11-20(31)23(37-13-18)28(43)39-14-30(33,34)35)22-25(41(24)4)17(12-38-26(22)36)9-10-29(2,3)44/h5-8,11-13,44H,1,14H2,2-4H3,(H2,36,38)(H,39,43)(H,40,42). The Kier molecular flexibility index (Phi) is 8.71. The van der Waals surface area contributed by atoms with Gasteiger partial charge >= 0.3 is 6.18 Å². The van der Waals surface area contributed by atoms with Crippen molar-refractivity contribution in [2.75, 3.05) is 17.6 Å². The van der Waals surface area contributed by atoms with Crippen molar-refractivity contribution in [1.29, 1.82) is 0 Å². The number of anilines is 2. The minimum atomic E-state index is -4.63. The van der Waals surface area contributed by atoms with Gasteiger partial charge in [-0.1, -0.05) is 42.2 Å². The number of alkyl halides is 3. The number of pyridine rings is 2. The second-order valence-electron chi connectivity index (χ2n) is 10.2. The normalized spacial score (nSPS) is 11.6. The van der Waals surface area contributed by atoms with E-state index in [1.165, 1.54) is 44.4 Å². The Bertz CT molecular complexity index is 1870.